The quantitative estimate of drug-likeness (QED) is 0.849. The lowest BCUT2D eigenvalue weighted by atomic mass is 9.98. The standard InChI is InChI=1S/C13H10BrFO2S/c14-7-3-13(18-6-7)12-5-10(16)9-4-8(15)1-2-11(9)17-12/h1-4,6,10,12,16H,5H2/t10-,12?/m1/s1. The highest BCUT2D eigenvalue weighted by molar-refractivity contribution is 9.10. The highest BCUT2D eigenvalue weighted by atomic mass is 79.9. The first-order chi connectivity index (χ1) is 8.63. The first kappa shape index (κ1) is 12.1. The number of aliphatic hydroxyl groups is 1. The fourth-order valence-corrected chi connectivity index (χ4v) is 3.58. The molecule has 0 fully saturated rings. The van der Waals surface area contributed by atoms with E-state index in [0.29, 0.717) is 17.7 Å². The number of ether oxygens (including phenoxy) is 1. The summed E-state index contributed by atoms with van der Waals surface area (Å²) >= 11 is 4.98. The maximum atomic E-state index is 13.1. The molecule has 1 aromatic heterocycles. The van der Waals surface area contributed by atoms with Crippen molar-refractivity contribution >= 4 is 27.3 Å². The van der Waals surface area contributed by atoms with Gasteiger partial charge in [-0.1, -0.05) is 0 Å². The zero-order valence-electron chi connectivity index (χ0n) is 9.27. The Morgan fingerprint density at radius 1 is 1.39 bits per heavy atom. The van der Waals surface area contributed by atoms with Gasteiger partial charge in [-0.3, -0.25) is 0 Å². The number of halogens is 2. The molecule has 1 aliphatic heterocycles. The summed E-state index contributed by atoms with van der Waals surface area (Å²) < 4.78 is 19.9. The number of rotatable bonds is 1. The van der Waals surface area contributed by atoms with Crippen LogP contribution in [0, 0.1) is 5.82 Å². The lowest BCUT2D eigenvalue weighted by Crippen LogP contribution is -2.18. The minimum absolute atomic E-state index is 0.172. The Hall–Kier alpha value is -0.910. The van der Waals surface area contributed by atoms with Crippen LogP contribution < -0.4 is 4.74 Å². The molecule has 0 saturated heterocycles. The van der Waals surface area contributed by atoms with Gasteiger partial charge in [0.05, 0.1) is 6.10 Å². The van der Waals surface area contributed by atoms with Crippen molar-refractivity contribution in [2.75, 3.05) is 0 Å². The summed E-state index contributed by atoms with van der Waals surface area (Å²) in [5.74, 6) is 0.207. The summed E-state index contributed by atoms with van der Waals surface area (Å²) in [6.07, 6.45) is -0.409. The Morgan fingerprint density at radius 3 is 2.94 bits per heavy atom. The monoisotopic (exact) mass is 328 g/mol. The zero-order chi connectivity index (χ0) is 12.7. The minimum Gasteiger partial charge on any atom is -0.484 e. The van der Waals surface area contributed by atoms with Crippen molar-refractivity contribution in [3.63, 3.8) is 0 Å². The van der Waals surface area contributed by atoms with E-state index in [2.05, 4.69) is 15.9 Å². The summed E-state index contributed by atoms with van der Waals surface area (Å²) in [5, 5.41) is 12.0. The number of fused-ring (bicyclic) bond motifs is 1. The van der Waals surface area contributed by atoms with Crippen molar-refractivity contribution in [2.24, 2.45) is 0 Å². The smallest absolute Gasteiger partial charge is 0.136 e. The van der Waals surface area contributed by atoms with Gasteiger partial charge in [0.1, 0.15) is 17.7 Å². The van der Waals surface area contributed by atoms with Crippen LogP contribution >= 0.6 is 27.3 Å². The molecule has 1 unspecified atom stereocenters. The van der Waals surface area contributed by atoms with Crippen LogP contribution in [0.3, 0.4) is 0 Å². The van der Waals surface area contributed by atoms with Gasteiger partial charge in [0.2, 0.25) is 0 Å². The predicted octanol–water partition coefficient (Wildman–Crippen LogP) is 4.21. The van der Waals surface area contributed by atoms with Crippen molar-refractivity contribution in [3.05, 3.63) is 50.4 Å². The third kappa shape index (κ3) is 2.18. The number of thiophene rings is 1. The van der Waals surface area contributed by atoms with E-state index in [4.69, 9.17) is 4.74 Å². The van der Waals surface area contributed by atoms with Crippen LogP contribution in [0.1, 0.15) is 29.1 Å². The second-order valence-electron chi connectivity index (χ2n) is 4.21. The van der Waals surface area contributed by atoms with Crippen molar-refractivity contribution in [1.82, 2.24) is 0 Å². The Bertz CT molecular complexity index is 584. The number of aliphatic hydroxyl groups excluding tert-OH is 1. The predicted molar refractivity (Wildman–Crippen MR) is 71.4 cm³/mol. The van der Waals surface area contributed by atoms with Crippen molar-refractivity contribution in [3.8, 4) is 5.75 Å². The molecule has 1 N–H and O–H groups in total. The minimum atomic E-state index is -0.685. The summed E-state index contributed by atoms with van der Waals surface area (Å²) in [7, 11) is 0. The van der Waals surface area contributed by atoms with E-state index in [1.165, 1.54) is 12.1 Å². The lowest BCUT2D eigenvalue weighted by Gasteiger charge is -2.29. The molecule has 2 nitrogen and oxygen atoms in total. The zero-order valence-corrected chi connectivity index (χ0v) is 11.7. The molecule has 0 spiro atoms. The number of benzene rings is 1. The molecule has 3 rings (SSSR count). The Balaban J connectivity index is 1.94. The second-order valence-corrected chi connectivity index (χ2v) is 6.07. The molecule has 0 bridgehead atoms. The average Bonchev–Trinajstić information content (AvgIpc) is 2.77. The van der Waals surface area contributed by atoms with Gasteiger partial charge in [0.15, 0.2) is 0 Å². The summed E-state index contributed by atoms with van der Waals surface area (Å²) in [6, 6.07) is 6.23. The van der Waals surface area contributed by atoms with Crippen LogP contribution in [-0.4, -0.2) is 5.11 Å². The molecule has 5 heteroatoms. The van der Waals surface area contributed by atoms with Crippen LogP contribution in [-0.2, 0) is 0 Å². The van der Waals surface area contributed by atoms with Gasteiger partial charge in [0, 0.05) is 26.7 Å². The fraction of sp³-hybridized carbons (Fsp3) is 0.231. The van der Waals surface area contributed by atoms with Gasteiger partial charge >= 0.3 is 0 Å². The SMILES string of the molecule is O[C@@H]1CC(c2cc(Br)cs2)Oc2ccc(F)cc21. The fourth-order valence-electron chi connectivity index (χ4n) is 2.09. The first-order valence-electron chi connectivity index (χ1n) is 5.51. The average molecular weight is 329 g/mol. The van der Waals surface area contributed by atoms with E-state index >= 15 is 0 Å². The lowest BCUT2D eigenvalue weighted by molar-refractivity contribution is 0.0670. The Labute approximate surface area is 116 Å². The van der Waals surface area contributed by atoms with Crippen LogP contribution in [0.5, 0.6) is 5.75 Å². The third-order valence-electron chi connectivity index (χ3n) is 2.94. The van der Waals surface area contributed by atoms with E-state index in [9.17, 15) is 9.50 Å². The van der Waals surface area contributed by atoms with Crippen molar-refractivity contribution in [2.45, 2.75) is 18.6 Å². The first-order valence-corrected chi connectivity index (χ1v) is 7.19. The maximum Gasteiger partial charge on any atom is 0.136 e. The third-order valence-corrected chi connectivity index (χ3v) is 4.73. The molecule has 2 heterocycles. The van der Waals surface area contributed by atoms with Crippen LogP contribution in [0.4, 0.5) is 4.39 Å². The van der Waals surface area contributed by atoms with Gasteiger partial charge in [-0.25, -0.2) is 4.39 Å². The summed E-state index contributed by atoms with van der Waals surface area (Å²) in [4.78, 5) is 1.05. The van der Waals surface area contributed by atoms with E-state index < -0.39 is 6.10 Å². The molecule has 0 amide bonds. The largest absolute Gasteiger partial charge is 0.484 e. The molecular weight excluding hydrogens is 319 g/mol. The second kappa shape index (κ2) is 4.64. The van der Waals surface area contributed by atoms with E-state index in [-0.39, 0.29) is 11.9 Å². The number of hydrogen-bond donors (Lipinski definition) is 1. The molecule has 2 aromatic rings. The van der Waals surface area contributed by atoms with Gasteiger partial charge in [-0.15, -0.1) is 11.3 Å². The van der Waals surface area contributed by atoms with Gasteiger partial charge < -0.3 is 9.84 Å². The normalized spacial score (nSPS) is 22.4. The van der Waals surface area contributed by atoms with E-state index in [1.54, 1.807) is 17.4 Å². The summed E-state index contributed by atoms with van der Waals surface area (Å²) in [6.45, 7) is 0. The van der Waals surface area contributed by atoms with Crippen LogP contribution in [0.25, 0.3) is 0 Å². The van der Waals surface area contributed by atoms with Crippen LogP contribution in [0.2, 0.25) is 0 Å². The molecule has 1 aromatic carbocycles. The highest BCUT2D eigenvalue weighted by Crippen LogP contribution is 2.42. The topological polar surface area (TPSA) is 29.5 Å². The molecule has 1 aliphatic rings. The maximum absolute atomic E-state index is 13.1. The van der Waals surface area contributed by atoms with Crippen molar-refractivity contribution < 1.29 is 14.2 Å². The molecule has 2 atom stereocenters. The van der Waals surface area contributed by atoms with Gasteiger partial charge in [-0.05, 0) is 40.2 Å². The van der Waals surface area contributed by atoms with E-state index in [1.807, 2.05) is 11.4 Å². The highest BCUT2D eigenvalue weighted by Gasteiger charge is 2.29. The molecule has 0 aliphatic carbocycles. The molecule has 94 valence electrons. The van der Waals surface area contributed by atoms with Crippen molar-refractivity contribution in [1.29, 1.82) is 0 Å². The molecular formula is C13H10BrFO2S. The molecule has 0 radical (unpaired) electrons. The summed E-state index contributed by atoms with van der Waals surface area (Å²) in [5.41, 5.74) is 0.530. The molecule has 18 heavy (non-hydrogen) atoms. The Kier molecular flexibility index (Phi) is 3.13. The molecule has 0 saturated carbocycles. The Morgan fingerprint density at radius 2 is 2.22 bits per heavy atom. The number of hydrogen-bond acceptors (Lipinski definition) is 3. The van der Waals surface area contributed by atoms with E-state index in [0.717, 1.165) is 9.35 Å². The van der Waals surface area contributed by atoms with Gasteiger partial charge in [0.25, 0.3) is 0 Å². The van der Waals surface area contributed by atoms with Gasteiger partial charge in [-0.2, -0.15) is 0 Å². The van der Waals surface area contributed by atoms with Crippen LogP contribution in [0.15, 0.2) is 34.1 Å².